The fourth-order valence-corrected chi connectivity index (χ4v) is 5.67. The Morgan fingerprint density at radius 1 is 1.02 bits per heavy atom. The summed E-state index contributed by atoms with van der Waals surface area (Å²) >= 11 is 1.08. The second-order valence-electron chi connectivity index (χ2n) is 10.4. The fraction of sp³-hybridized carbons (Fsp3) is 0.258. The molecule has 0 aliphatic rings. The number of primary amides is 1. The lowest BCUT2D eigenvalue weighted by Gasteiger charge is -2.21. The van der Waals surface area contributed by atoms with E-state index >= 15 is 0 Å². The van der Waals surface area contributed by atoms with Crippen LogP contribution in [0.15, 0.2) is 73.2 Å². The van der Waals surface area contributed by atoms with Gasteiger partial charge in [-0.15, -0.1) is 11.3 Å². The van der Waals surface area contributed by atoms with Gasteiger partial charge in [-0.1, -0.05) is 24.3 Å². The van der Waals surface area contributed by atoms with Crippen LogP contribution in [0.5, 0.6) is 5.75 Å². The molecule has 3 aromatic heterocycles. The third-order valence-electron chi connectivity index (χ3n) is 7.05. The first-order valence-electron chi connectivity index (χ1n) is 13.5. The van der Waals surface area contributed by atoms with Gasteiger partial charge in [0.25, 0.3) is 5.91 Å². The Bertz CT molecular complexity index is 1760. The summed E-state index contributed by atoms with van der Waals surface area (Å²) < 4.78 is 48.5. The summed E-state index contributed by atoms with van der Waals surface area (Å²) in [6.45, 7) is 3.24. The van der Waals surface area contributed by atoms with Crippen LogP contribution in [0, 0.1) is 0 Å². The maximum absolute atomic E-state index is 13.6. The summed E-state index contributed by atoms with van der Waals surface area (Å²) in [7, 11) is 6.07. The second-order valence-corrected chi connectivity index (χ2v) is 11.5. The number of carbonyl (C=O) groups excluding carboxylic acids is 1. The first kappa shape index (κ1) is 30.1. The zero-order valence-corrected chi connectivity index (χ0v) is 24.9. The molecular formula is C31H31F3N6O2S. The third kappa shape index (κ3) is 6.50. The number of nitrogens with zero attached hydrogens (tertiary/aromatic N) is 5. The zero-order chi connectivity index (χ0) is 30.9. The number of anilines is 1. The van der Waals surface area contributed by atoms with Gasteiger partial charge in [0.1, 0.15) is 33.9 Å². The highest BCUT2D eigenvalue weighted by Gasteiger charge is 2.35. The molecule has 5 rings (SSSR count). The smallest absolute Gasteiger partial charge is 0.416 e. The van der Waals surface area contributed by atoms with Crippen molar-refractivity contribution in [1.82, 2.24) is 19.4 Å². The molecule has 0 saturated carbocycles. The van der Waals surface area contributed by atoms with Gasteiger partial charge in [0, 0.05) is 38.0 Å². The molecule has 12 heteroatoms. The van der Waals surface area contributed by atoms with Crippen molar-refractivity contribution in [2.45, 2.75) is 19.2 Å². The molecule has 1 amide bonds. The number of rotatable bonds is 10. The molecule has 0 saturated heterocycles. The number of hydrogen-bond donors (Lipinski definition) is 1. The number of ether oxygens (including phenoxy) is 1. The molecule has 8 nitrogen and oxygen atoms in total. The highest BCUT2D eigenvalue weighted by molar-refractivity contribution is 7.16. The van der Waals surface area contributed by atoms with Crippen LogP contribution in [0.4, 0.5) is 19.0 Å². The van der Waals surface area contributed by atoms with Crippen LogP contribution in [0.3, 0.4) is 0 Å². The van der Waals surface area contributed by atoms with E-state index in [1.165, 1.54) is 25.1 Å². The van der Waals surface area contributed by atoms with E-state index in [0.29, 0.717) is 5.00 Å². The number of nitrogens with two attached hydrogens (primary N) is 1. The highest BCUT2D eigenvalue weighted by atomic mass is 32.1. The Morgan fingerprint density at radius 3 is 2.49 bits per heavy atom. The molecule has 43 heavy (non-hydrogen) atoms. The number of likely N-dealkylation sites (N-methyl/N-ethyl adjacent to an activating group) is 2. The number of thiophene rings is 1. The van der Waals surface area contributed by atoms with Gasteiger partial charge in [0.05, 0.1) is 16.6 Å². The van der Waals surface area contributed by atoms with E-state index in [2.05, 4.69) is 19.8 Å². The van der Waals surface area contributed by atoms with E-state index in [4.69, 9.17) is 10.5 Å². The Morgan fingerprint density at radius 2 is 1.77 bits per heavy atom. The average Bonchev–Trinajstić information content (AvgIpc) is 3.59. The molecule has 0 unspecified atom stereocenters. The minimum atomic E-state index is -4.55. The molecule has 1 atom stereocenters. The number of imidazole rings is 1. The fourth-order valence-electron chi connectivity index (χ4n) is 4.74. The van der Waals surface area contributed by atoms with Gasteiger partial charge in [-0.25, -0.2) is 9.97 Å². The summed E-state index contributed by atoms with van der Waals surface area (Å²) in [5, 5.41) is 0.587. The van der Waals surface area contributed by atoms with Gasteiger partial charge in [-0.05, 0) is 62.5 Å². The Labute approximate surface area is 251 Å². The van der Waals surface area contributed by atoms with Crippen LogP contribution < -0.4 is 15.4 Å². The molecule has 0 bridgehead atoms. The normalized spacial score (nSPS) is 12.6. The number of aromatic nitrogens is 3. The maximum atomic E-state index is 13.6. The number of fused-ring (bicyclic) bond motifs is 1. The molecule has 224 valence electrons. The largest absolute Gasteiger partial charge is 0.484 e. The summed E-state index contributed by atoms with van der Waals surface area (Å²) in [5.41, 5.74) is 8.26. The number of pyridine rings is 1. The predicted octanol–water partition coefficient (Wildman–Crippen LogP) is 6.40. The molecule has 0 aliphatic carbocycles. The van der Waals surface area contributed by atoms with Crippen molar-refractivity contribution in [2.75, 3.05) is 39.1 Å². The Balaban J connectivity index is 1.43. The lowest BCUT2D eigenvalue weighted by atomic mass is 10.0. The van der Waals surface area contributed by atoms with Crippen molar-refractivity contribution in [3.63, 3.8) is 0 Å². The second kappa shape index (κ2) is 12.1. The van der Waals surface area contributed by atoms with E-state index in [1.54, 1.807) is 23.2 Å². The predicted molar refractivity (Wildman–Crippen MR) is 163 cm³/mol. The Hall–Kier alpha value is -4.42. The van der Waals surface area contributed by atoms with Crippen LogP contribution in [-0.2, 0) is 6.18 Å². The number of hydrogen-bond acceptors (Lipinski definition) is 7. The lowest BCUT2D eigenvalue weighted by Crippen LogP contribution is -2.28. The van der Waals surface area contributed by atoms with Gasteiger partial charge in [-0.2, -0.15) is 13.2 Å². The summed E-state index contributed by atoms with van der Waals surface area (Å²) in [4.78, 5) is 25.7. The number of alkyl halides is 3. The van der Waals surface area contributed by atoms with Gasteiger partial charge < -0.3 is 20.3 Å². The van der Waals surface area contributed by atoms with E-state index in [0.717, 1.165) is 58.5 Å². The Kier molecular flexibility index (Phi) is 8.43. The van der Waals surface area contributed by atoms with Crippen LogP contribution >= 0.6 is 11.3 Å². The first-order chi connectivity index (χ1) is 20.4. The lowest BCUT2D eigenvalue weighted by molar-refractivity contribution is -0.139. The minimum absolute atomic E-state index is 0.0399. The zero-order valence-electron chi connectivity index (χ0n) is 24.1. The number of carbonyl (C=O) groups is 1. The van der Waals surface area contributed by atoms with E-state index in [-0.39, 0.29) is 16.2 Å². The molecule has 2 N–H and O–H groups in total. The topological polar surface area (TPSA) is 89.5 Å². The van der Waals surface area contributed by atoms with Crippen LogP contribution in [0.25, 0.3) is 27.2 Å². The third-order valence-corrected chi connectivity index (χ3v) is 8.18. The average molecular weight is 609 g/mol. The quantitative estimate of drug-likeness (QED) is 0.197. The molecule has 0 radical (unpaired) electrons. The van der Waals surface area contributed by atoms with Crippen molar-refractivity contribution < 1.29 is 22.7 Å². The summed E-state index contributed by atoms with van der Waals surface area (Å²) in [6.07, 6.45) is -2.13. The SMILES string of the molecule is C[C@@H](Oc1cc(-n2cnc3cc(-c4ccnc(N(C)CCN(C)C)c4)ccc32)sc1C(N)=O)c1ccccc1C(F)(F)F. The number of halogens is 3. The van der Waals surface area contributed by atoms with Crippen molar-refractivity contribution in [1.29, 1.82) is 0 Å². The molecule has 5 aromatic rings. The summed E-state index contributed by atoms with van der Waals surface area (Å²) in [5.74, 6) is 0.235. The minimum Gasteiger partial charge on any atom is -0.484 e. The van der Waals surface area contributed by atoms with Gasteiger partial charge in [0.2, 0.25) is 0 Å². The van der Waals surface area contributed by atoms with Crippen molar-refractivity contribution in [3.05, 3.63) is 89.2 Å². The van der Waals surface area contributed by atoms with Crippen molar-refractivity contribution in [3.8, 4) is 21.9 Å². The van der Waals surface area contributed by atoms with Crippen LogP contribution in [0.1, 0.15) is 33.8 Å². The molecular weight excluding hydrogens is 577 g/mol. The van der Waals surface area contributed by atoms with Crippen LogP contribution in [0.2, 0.25) is 0 Å². The standard InChI is InChI=1S/C31H31F3N6O2S/c1-19(22-7-5-6-8-23(22)31(32,33)34)42-26-17-28(43-29(26)30(35)41)40-18-37-24-15-20(9-10-25(24)40)21-11-12-36-27(16-21)39(4)14-13-38(2)3/h5-12,15-19H,13-14H2,1-4H3,(H2,35,41)/t19-/m1/s1. The van der Waals surface area contributed by atoms with Crippen LogP contribution in [-0.4, -0.2) is 59.6 Å². The van der Waals surface area contributed by atoms with Gasteiger partial charge >= 0.3 is 6.18 Å². The molecule has 2 aromatic carbocycles. The highest BCUT2D eigenvalue weighted by Crippen LogP contribution is 2.39. The van der Waals surface area contributed by atoms with Crippen molar-refractivity contribution >= 4 is 34.1 Å². The van der Waals surface area contributed by atoms with Crippen molar-refractivity contribution in [2.24, 2.45) is 5.73 Å². The molecule has 0 fully saturated rings. The van der Waals surface area contributed by atoms with E-state index in [9.17, 15) is 18.0 Å². The maximum Gasteiger partial charge on any atom is 0.416 e. The molecule has 0 aliphatic heterocycles. The number of benzene rings is 2. The van der Waals surface area contributed by atoms with E-state index < -0.39 is 23.8 Å². The monoisotopic (exact) mass is 608 g/mol. The number of amides is 1. The summed E-state index contributed by atoms with van der Waals surface area (Å²) in [6, 6.07) is 16.7. The van der Waals surface area contributed by atoms with Gasteiger partial charge in [-0.3, -0.25) is 9.36 Å². The molecule has 0 spiro atoms. The van der Waals surface area contributed by atoms with E-state index in [1.807, 2.05) is 51.5 Å². The first-order valence-corrected chi connectivity index (χ1v) is 14.3. The molecule has 3 heterocycles. The van der Waals surface area contributed by atoms with Gasteiger partial charge in [0.15, 0.2) is 0 Å².